The summed E-state index contributed by atoms with van der Waals surface area (Å²) >= 11 is 7.05. The summed E-state index contributed by atoms with van der Waals surface area (Å²) in [4.78, 5) is 13.1. The molecule has 6 heteroatoms. The van der Waals surface area contributed by atoms with Crippen LogP contribution in [0.3, 0.4) is 0 Å². The molecule has 0 N–H and O–H groups in total. The molecule has 1 aromatic heterocycles. The van der Waals surface area contributed by atoms with Crippen LogP contribution in [0.25, 0.3) is 0 Å². The van der Waals surface area contributed by atoms with Gasteiger partial charge in [0.2, 0.25) is 5.78 Å². The van der Waals surface area contributed by atoms with Gasteiger partial charge >= 0.3 is 0 Å². The SMILES string of the molecule is CCCc1nnsc1C(=O)c1cc(Cl)ccc1OC. The summed E-state index contributed by atoms with van der Waals surface area (Å²) in [6.45, 7) is 2.04. The number of rotatable bonds is 5. The molecule has 0 aliphatic carbocycles. The van der Waals surface area contributed by atoms with Crippen LogP contribution in [0.1, 0.15) is 34.3 Å². The molecule has 0 aliphatic heterocycles. The summed E-state index contributed by atoms with van der Waals surface area (Å²) in [5.74, 6) is 0.364. The first kappa shape index (κ1) is 14.0. The standard InChI is InChI=1S/C13H13ClN2O2S/c1-3-4-10-13(19-16-15-10)12(17)9-7-8(14)5-6-11(9)18-2/h5-7H,3-4H2,1-2H3. The Hall–Kier alpha value is -1.46. The minimum atomic E-state index is -0.141. The van der Waals surface area contributed by atoms with E-state index in [9.17, 15) is 4.79 Å². The third kappa shape index (κ3) is 2.93. The summed E-state index contributed by atoms with van der Waals surface area (Å²) in [6.07, 6.45) is 1.65. The van der Waals surface area contributed by atoms with Gasteiger partial charge in [-0.25, -0.2) is 0 Å². The lowest BCUT2D eigenvalue weighted by Crippen LogP contribution is -2.05. The Kier molecular flexibility index (Phi) is 4.50. The van der Waals surface area contributed by atoms with Crippen LogP contribution in [0.15, 0.2) is 18.2 Å². The largest absolute Gasteiger partial charge is 0.496 e. The molecule has 0 fully saturated rings. The summed E-state index contributed by atoms with van der Waals surface area (Å²) in [7, 11) is 1.53. The van der Waals surface area contributed by atoms with Gasteiger partial charge in [0.1, 0.15) is 10.6 Å². The molecule has 100 valence electrons. The number of hydrogen-bond donors (Lipinski definition) is 0. The van der Waals surface area contributed by atoms with Gasteiger partial charge in [0.05, 0.1) is 18.4 Å². The van der Waals surface area contributed by atoms with Crippen molar-refractivity contribution in [3.8, 4) is 5.75 Å². The molecule has 0 spiro atoms. The zero-order valence-electron chi connectivity index (χ0n) is 10.6. The zero-order chi connectivity index (χ0) is 13.8. The summed E-state index contributed by atoms with van der Waals surface area (Å²) in [5, 5.41) is 4.50. The van der Waals surface area contributed by atoms with E-state index in [0.717, 1.165) is 30.1 Å². The number of methoxy groups -OCH3 is 1. The van der Waals surface area contributed by atoms with Crippen LogP contribution in [-0.4, -0.2) is 22.5 Å². The fraction of sp³-hybridized carbons (Fsp3) is 0.308. The van der Waals surface area contributed by atoms with Crippen LogP contribution in [0.5, 0.6) is 5.75 Å². The van der Waals surface area contributed by atoms with E-state index in [2.05, 4.69) is 9.59 Å². The van der Waals surface area contributed by atoms with E-state index >= 15 is 0 Å². The molecule has 2 rings (SSSR count). The maximum atomic E-state index is 12.5. The second-order valence-electron chi connectivity index (χ2n) is 3.97. The van der Waals surface area contributed by atoms with Crippen molar-refractivity contribution in [3.05, 3.63) is 39.4 Å². The lowest BCUT2D eigenvalue weighted by atomic mass is 10.1. The Bertz CT molecular complexity index is 598. The number of halogens is 1. The predicted molar refractivity (Wildman–Crippen MR) is 75.3 cm³/mol. The highest BCUT2D eigenvalue weighted by Gasteiger charge is 2.21. The molecular weight excluding hydrogens is 284 g/mol. The zero-order valence-corrected chi connectivity index (χ0v) is 12.2. The Labute approximate surface area is 120 Å². The highest BCUT2D eigenvalue weighted by Crippen LogP contribution is 2.27. The average molecular weight is 297 g/mol. The van der Waals surface area contributed by atoms with Gasteiger partial charge in [-0.15, -0.1) is 5.10 Å². The molecule has 1 aromatic carbocycles. The van der Waals surface area contributed by atoms with Gasteiger partial charge in [-0.3, -0.25) is 4.79 Å². The van der Waals surface area contributed by atoms with Gasteiger partial charge in [0, 0.05) is 5.02 Å². The molecule has 0 atom stereocenters. The number of aryl methyl sites for hydroxylation is 1. The van der Waals surface area contributed by atoms with Crippen LogP contribution in [0.4, 0.5) is 0 Å². The molecule has 4 nitrogen and oxygen atoms in total. The first-order chi connectivity index (χ1) is 9.17. The van der Waals surface area contributed by atoms with E-state index in [1.54, 1.807) is 18.2 Å². The number of nitrogens with zero attached hydrogens (tertiary/aromatic N) is 2. The number of aromatic nitrogens is 2. The molecule has 0 unspecified atom stereocenters. The summed E-state index contributed by atoms with van der Waals surface area (Å²) < 4.78 is 9.07. The molecule has 0 radical (unpaired) electrons. The van der Waals surface area contributed by atoms with Crippen molar-refractivity contribution < 1.29 is 9.53 Å². The number of benzene rings is 1. The predicted octanol–water partition coefficient (Wildman–Crippen LogP) is 3.38. The van der Waals surface area contributed by atoms with Gasteiger partial charge in [0.15, 0.2) is 0 Å². The van der Waals surface area contributed by atoms with E-state index in [4.69, 9.17) is 16.3 Å². The van der Waals surface area contributed by atoms with Crippen molar-refractivity contribution in [1.29, 1.82) is 0 Å². The van der Waals surface area contributed by atoms with Crippen molar-refractivity contribution in [2.75, 3.05) is 7.11 Å². The van der Waals surface area contributed by atoms with Crippen LogP contribution < -0.4 is 4.74 Å². The van der Waals surface area contributed by atoms with E-state index in [-0.39, 0.29) is 5.78 Å². The monoisotopic (exact) mass is 296 g/mol. The first-order valence-electron chi connectivity index (χ1n) is 5.86. The Morgan fingerprint density at radius 3 is 2.95 bits per heavy atom. The van der Waals surface area contributed by atoms with Gasteiger partial charge in [0.25, 0.3) is 0 Å². The molecule has 19 heavy (non-hydrogen) atoms. The van der Waals surface area contributed by atoms with Crippen molar-refractivity contribution in [3.63, 3.8) is 0 Å². The van der Waals surface area contributed by atoms with Gasteiger partial charge in [-0.2, -0.15) is 0 Å². The fourth-order valence-electron chi connectivity index (χ4n) is 1.76. The van der Waals surface area contributed by atoms with E-state index in [1.807, 2.05) is 6.92 Å². The topological polar surface area (TPSA) is 52.1 Å². The van der Waals surface area contributed by atoms with E-state index in [1.165, 1.54) is 7.11 Å². The number of carbonyl (C=O) groups excluding carboxylic acids is 1. The van der Waals surface area contributed by atoms with Gasteiger partial charge in [-0.05, 0) is 36.2 Å². The molecule has 0 saturated heterocycles. The Morgan fingerprint density at radius 2 is 2.26 bits per heavy atom. The molecule has 0 saturated carbocycles. The van der Waals surface area contributed by atoms with Crippen LogP contribution >= 0.6 is 23.1 Å². The van der Waals surface area contributed by atoms with E-state index < -0.39 is 0 Å². The summed E-state index contributed by atoms with van der Waals surface area (Å²) in [6, 6.07) is 4.98. The highest BCUT2D eigenvalue weighted by atomic mass is 35.5. The summed E-state index contributed by atoms with van der Waals surface area (Å²) in [5.41, 5.74) is 1.18. The fourth-order valence-corrected chi connectivity index (χ4v) is 2.60. The smallest absolute Gasteiger partial charge is 0.210 e. The lowest BCUT2D eigenvalue weighted by Gasteiger charge is -2.07. The minimum Gasteiger partial charge on any atom is -0.496 e. The minimum absolute atomic E-state index is 0.141. The first-order valence-corrected chi connectivity index (χ1v) is 7.02. The van der Waals surface area contributed by atoms with Gasteiger partial charge in [-0.1, -0.05) is 29.4 Å². The Morgan fingerprint density at radius 1 is 1.47 bits per heavy atom. The quantitative estimate of drug-likeness (QED) is 0.794. The van der Waals surface area contributed by atoms with Crippen LogP contribution in [0, 0.1) is 0 Å². The van der Waals surface area contributed by atoms with Crippen molar-refractivity contribution in [1.82, 2.24) is 9.59 Å². The number of carbonyl (C=O) groups is 1. The number of ether oxygens (including phenoxy) is 1. The van der Waals surface area contributed by atoms with Crippen molar-refractivity contribution in [2.24, 2.45) is 0 Å². The third-order valence-corrected chi connectivity index (χ3v) is 3.66. The molecule has 2 aromatic rings. The Balaban J connectivity index is 2.43. The molecule has 0 bridgehead atoms. The normalized spacial score (nSPS) is 10.5. The van der Waals surface area contributed by atoms with Crippen LogP contribution in [-0.2, 0) is 6.42 Å². The lowest BCUT2D eigenvalue weighted by molar-refractivity contribution is 0.103. The van der Waals surface area contributed by atoms with Crippen molar-refractivity contribution >= 4 is 28.9 Å². The van der Waals surface area contributed by atoms with Gasteiger partial charge < -0.3 is 4.74 Å². The average Bonchev–Trinajstić information content (AvgIpc) is 2.86. The molecule has 1 heterocycles. The maximum absolute atomic E-state index is 12.5. The number of ketones is 1. The molecule has 0 amide bonds. The second-order valence-corrected chi connectivity index (χ2v) is 5.16. The van der Waals surface area contributed by atoms with Crippen molar-refractivity contribution in [2.45, 2.75) is 19.8 Å². The maximum Gasteiger partial charge on any atom is 0.210 e. The highest BCUT2D eigenvalue weighted by molar-refractivity contribution is 7.08. The second kappa shape index (κ2) is 6.12. The molecular formula is C13H13ClN2O2S. The van der Waals surface area contributed by atoms with Crippen LogP contribution in [0.2, 0.25) is 5.02 Å². The van der Waals surface area contributed by atoms with E-state index in [0.29, 0.717) is 21.2 Å². The third-order valence-electron chi connectivity index (χ3n) is 2.65. The molecule has 0 aliphatic rings. The number of hydrogen-bond acceptors (Lipinski definition) is 5.